The van der Waals surface area contributed by atoms with Crippen molar-refractivity contribution in [2.24, 2.45) is 5.73 Å². The number of fused-ring (bicyclic) bond motifs is 1. The number of primary amides is 1. The Morgan fingerprint density at radius 2 is 2.27 bits per heavy atom. The standard InChI is InChI=1S/C15H17N3O2S2/c1-2-18-6-5-9-11(8-18)22-15(12(9)13(16)19)17-14(20)10-4-3-7-21-10/h3-4,7H,2,5-6,8H2,1H3,(H2,16,19)(H,17,20). The van der Waals surface area contributed by atoms with Gasteiger partial charge in [-0.3, -0.25) is 14.5 Å². The summed E-state index contributed by atoms with van der Waals surface area (Å²) in [5.41, 5.74) is 7.04. The largest absolute Gasteiger partial charge is 0.365 e. The third-order valence-corrected chi connectivity index (χ3v) is 5.80. The van der Waals surface area contributed by atoms with E-state index in [0.29, 0.717) is 15.4 Å². The Bertz CT molecular complexity index is 707. The van der Waals surface area contributed by atoms with Gasteiger partial charge in [-0.05, 0) is 30.0 Å². The van der Waals surface area contributed by atoms with Crippen molar-refractivity contribution >= 4 is 39.5 Å². The molecule has 7 heteroatoms. The second-order valence-corrected chi connectivity index (χ2v) is 7.18. The van der Waals surface area contributed by atoms with Gasteiger partial charge in [0.2, 0.25) is 0 Å². The van der Waals surface area contributed by atoms with Crippen molar-refractivity contribution in [1.82, 2.24) is 4.90 Å². The summed E-state index contributed by atoms with van der Waals surface area (Å²) < 4.78 is 0. The molecule has 22 heavy (non-hydrogen) atoms. The van der Waals surface area contributed by atoms with Gasteiger partial charge in [0.05, 0.1) is 10.4 Å². The fourth-order valence-corrected chi connectivity index (χ4v) is 4.56. The molecule has 3 rings (SSSR count). The number of rotatable bonds is 4. The van der Waals surface area contributed by atoms with Gasteiger partial charge in [0.1, 0.15) is 5.00 Å². The molecule has 0 aromatic carbocycles. The van der Waals surface area contributed by atoms with E-state index < -0.39 is 5.91 Å². The summed E-state index contributed by atoms with van der Waals surface area (Å²) in [4.78, 5) is 28.1. The molecule has 0 spiro atoms. The SMILES string of the molecule is CCN1CCc2c(sc(NC(=O)c3cccs3)c2C(N)=O)C1. The van der Waals surface area contributed by atoms with E-state index in [-0.39, 0.29) is 5.91 Å². The third kappa shape index (κ3) is 2.79. The van der Waals surface area contributed by atoms with Gasteiger partial charge in [-0.2, -0.15) is 0 Å². The highest BCUT2D eigenvalue weighted by molar-refractivity contribution is 7.17. The minimum Gasteiger partial charge on any atom is -0.365 e. The number of carbonyl (C=O) groups is 2. The van der Waals surface area contributed by atoms with Gasteiger partial charge in [0, 0.05) is 18.0 Å². The Balaban J connectivity index is 1.92. The fraction of sp³-hybridized carbons (Fsp3) is 0.333. The molecule has 1 aliphatic heterocycles. The number of likely N-dealkylation sites (N-methyl/N-ethyl adjacent to an activating group) is 1. The first-order valence-corrected chi connectivity index (χ1v) is 8.81. The Morgan fingerprint density at radius 3 is 2.91 bits per heavy atom. The molecule has 0 fully saturated rings. The van der Waals surface area contributed by atoms with E-state index in [1.54, 1.807) is 6.07 Å². The first-order valence-electron chi connectivity index (χ1n) is 7.11. The molecule has 0 unspecified atom stereocenters. The molecule has 0 atom stereocenters. The molecule has 0 aliphatic carbocycles. The predicted octanol–water partition coefficient (Wildman–Crippen LogP) is 2.54. The highest BCUT2D eigenvalue weighted by atomic mass is 32.1. The van der Waals surface area contributed by atoms with E-state index in [4.69, 9.17) is 5.73 Å². The zero-order valence-electron chi connectivity index (χ0n) is 12.2. The number of thiophene rings is 2. The van der Waals surface area contributed by atoms with Crippen LogP contribution < -0.4 is 11.1 Å². The number of nitrogens with one attached hydrogen (secondary N) is 1. The molecule has 0 saturated heterocycles. The maximum Gasteiger partial charge on any atom is 0.266 e. The normalized spacial score (nSPS) is 14.6. The van der Waals surface area contributed by atoms with Crippen molar-refractivity contribution < 1.29 is 9.59 Å². The number of hydrogen-bond donors (Lipinski definition) is 2. The smallest absolute Gasteiger partial charge is 0.266 e. The van der Waals surface area contributed by atoms with Crippen molar-refractivity contribution in [3.63, 3.8) is 0 Å². The zero-order chi connectivity index (χ0) is 15.7. The van der Waals surface area contributed by atoms with Crippen LogP contribution in [0.15, 0.2) is 17.5 Å². The predicted molar refractivity (Wildman–Crippen MR) is 89.8 cm³/mol. The van der Waals surface area contributed by atoms with Crippen molar-refractivity contribution in [1.29, 1.82) is 0 Å². The van der Waals surface area contributed by atoms with Crippen LogP contribution >= 0.6 is 22.7 Å². The Morgan fingerprint density at radius 1 is 1.45 bits per heavy atom. The first kappa shape index (κ1) is 15.2. The van der Waals surface area contributed by atoms with Crippen LogP contribution in [0.3, 0.4) is 0 Å². The Hall–Kier alpha value is -1.70. The average Bonchev–Trinajstić information content (AvgIpc) is 3.13. The van der Waals surface area contributed by atoms with Crippen molar-refractivity contribution in [2.75, 3.05) is 18.4 Å². The second-order valence-electron chi connectivity index (χ2n) is 5.12. The molecule has 3 heterocycles. The molecule has 2 aromatic heterocycles. The Kier molecular flexibility index (Phi) is 4.28. The summed E-state index contributed by atoms with van der Waals surface area (Å²) in [7, 11) is 0. The van der Waals surface area contributed by atoms with Gasteiger partial charge in [-0.1, -0.05) is 13.0 Å². The Labute approximate surface area is 136 Å². The van der Waals surface area contributed by atoms with Crippen LogP contribution in [0.1, 0.15) is 37.4 Å². The van der Waals surface area contributed by atoms with Crippen molar-refractivity contribution in [3.05, 3.63) is 38.4 Å². The van der Waals surface area contributed by atoms with E-state index >= 15 is 0 Å². The lowest BCUT2D eigenvalue weighted by Crippen LogP contribution is -2.30. The third-order valence-electron chi connectivity index (χ3n) is 3.80. The summed E-state index contributed by atoms with van der Waals surface area (Å²) in [6.07, 6.45) is 0.798. The molecular formula is C15H17N3O2S2. The van der Waals surface area contributed by atoms with Gasteiger partial charge < -0.3 is 11.1 Å². The number of nitrogens with zero attached hydrogens (tertiary/aromatic N) is 1. The van der Waals surface area contributed by atoms with Crippen LogP contribution in [0.25, 0.3) is 0 Å². The topological polar surface area (TPSA) is 75.4 Å². The molecule has 0 bridgehead atoms. The number of hydrogen-bond acceptors (Lipinski definition) is 5. The fourth-order valence-electron chi connectivity index (χ4n) is 2.65. The lowest BCUT2D eigenvalue weighted by Gasteiger charge is -2.25. The van der Waals surface area contributed by atoms with Crippen LogP contribution in [0.4, 0.5) is 5.00 Å². The second kappa shape index (κ2) is 6.20. The van der Waals surface area contributed by atoms with Crippen LogP contribution in [0, 0.1) is 0 Å². The maximum atomic E-state index is 12.2. The van der Waals surface area contributed by atoms with E-state index in [9.17, 15) is 9.59 Å². The van der Waals surface area contributed by atoms with Crippen molar-refractivity contribution in [3.8, 4) is 0 Å². The molecule has 3 N–H and O–H groups in total. The summed E-state index contributed by atoms with van der Waals surface area (Å²) in [5, 5.41) is 5.28. The highest BCUT2D eigenvalue weighted by Crippen LogP contribution is 2.37. The van der Waals surface area contributed by atoms with Gasteiger partial charge in [-0.15, -0.1) is 22.7 Å². The molecule has 116 valence electrons. The zero-order valence-corrected chi connectivity index (χ0v) is 13.9. The number of anilines is 1. The maximum absolute atomic E-state index is 12.2. The van der Waals surface area contributed by atoms with Gasteiger partial charge in [-0.25, -0.2) is 0 Å². The van der Waals surface area contributed by atoms with E-state index in [1.807, 2.05) is 11.4 Å². The van der Waals surface area contributed by atoms with Gasteiger partial charge in [0.15, 0.2) is 0 Å². The molecule has 0 saturated carbocycles. The lowest BCUT2D eigenvalue weighted by molar-refractivity contribution is 0.1000. The molecule has 1 aliphatic rings. The summed E-state index contributed by atoms with van der Waals surface area (Å²) in [6, 6.07) is 3.59. The quantitative estimate of drug-likeness (QED) is 0.901. The van der Waals surface area contributed by atoms with E-state index in [0.717, 1.165) is 36.5 Å². The molecular weight excluding hydrogens is 318 g/mol. The number of carbonyl (C=O) groups excluding carboxylic acids is 2. The van der Waals surface area contributed by atoms with Crippen molar-refractivity contribution in [2.45, 2.75) is 19.9 Å². The van der Waals surface area contributed by atoms with E-state index in [2.05, 4.69) is 17.1 Å². The van der Waals surface area contributed by atoms with Gasteiger partial charge >= 0.3 is 0 Å². The van der Waals surface area contributed by atoms with Crippen LogP contribution in [0.5, 0.6) is 0 Å². The first-order chi connectivity index (χ1) is 10.6. The molecule has 0 radical (unpaired) electrons. The summed E-state index contributed by atoms with van der Waals surface area (Å²) >= 11 is 2.84. The monoisotopic (exact) mass is 335 g/mol. The minimum atomic E-state index is -0.469. The summed E-state index contributed by atoms with van der Waals surface area (Å²) in [6.45, 7) is 4.82. The molecule has 2 amide bonds. The number of amides is 2. The van der Waals surface area contributed by atoms with Gasteiger partial charge in [0.25, 0.3) is 11.8 Å². The number of nitrogens with two attached hydrogens (primary N) is 1. The lowest BCUT2D eigenvalue weighted by atomic mass is 10.0. The summed E-state index contributed by atoms with van der Waals surface area (Å²) in [5.74, 6) is -0.660. The van der Waals surface area contributed by atoms with E-state index in [1.165, 1.54) is 22.7 Å². The highest BCUT2D eigenvalue weighted by Gasteiger charge is 2.27. The minimum absolute atomic E-state index is 0.191. The molecule has 5 nitrogen and oxygen atoms in total. The van der Waals surface area contributed by atoms with Crippen LogP contribution in [-0.4, -0.2) is 29.8 Å². The van der Waals surface area contributed by atoms with Crippen LogP contribution in [0.2, 0.25) is 0 Å². The molecule has 2 aromatic rings. The van der Waals surface area contributed by atoms with Crippen LogP contribution in [-0.2, 0) is 13.0 Å². The average molecular weight is 335 g/mol.